The van der Waals surface area contributed by atoms with Gasteiger partial charge in [-0.2, -0.15) is 0 Å². The molecule has 1 amide bonds. The van der Waals surface area contributed by atoms with Crippen LogP contribution in [0.25, 0.3) is 0 Å². The number of nitrogens with zero attached hydrogens (tertiary/aromatic N) is 2. The van der Waals surface area contributed by atoms with E-state index in [0.29, 0.717) is 21.2 Å². The molecule has 1 heterocycles. The Morgan fingerprint density at radius 1 is 1.21 bits per heavy atom. The summed E-state index contributed by atoms with van der Waals surface area (Å²) < 4.78 is 19.2. The number of carbonyl (C=O) groups is 1. The van der Waals surface area contributed by atoms with E-state index >= 15 is 0 Å². The molecule has 0 saturated heterocycles. The second-order valence-corrected chi connectivity index (χ2v) is 6.91. The van der Waals surface area contributed by atoms with Gasteiger partial charge in [0.25, 0.3) is 11.6 Å². The maximum absolute atomic E-state index is 14.0. The summed E-state index contributed by atoms with van der Waals surface area (Å²) in [6, 6.07) is 13.5. The van der Waals surface area contributed by atoms with Crippen molar-refractivity contribution in [3.8, 4) is 5.88 Å². The lowest BCUT2D eigenvalue weighted by Crippen LogP contribution is -2.24. The summed E-state index contributed by atoms with van der Waals surface area (Å²) in [5.41, 5.74) is 0.499. The van der Waals surface area contributed by atoms with Crippen LogP contribution in [-0.4, -0.2) is 22.9 Å². The highest BCUT2D eigenvalue weighted by atomic mass is 32.2. The molecule has 1 aromatic heterocycles. The largest absolute Gasteiger partial charge is 0.481 e. The molecule has 9 heteroatoms. The number of ether oxygens (including phenoxy) is 1. The summed E-state index contributed by atoms with van der Waals surface area (Å²) in [7, 11) is 1.47. The summed E-state index contributed by atoms with van der Waals surface area (Å²) >= 11 is 1.02. The fourth-order valence-corrected chi connectivity index (χ4v) is 3.50. The van der Waals surface area contributed by atoms with E-state index in [-0.39, 0.29) is 17.8 Å². The predicted molar refractivity (Wildman–Crippen MR) is 106 cm³/mol. The quantitative estimate of drug-likeness (QED) is 0.460. The molecule has 29 heavy (non-hydrogen) atoms. The van der Waals surface area contributed by atoms with Crippen molar-refractivity contribution in [3.63, 3.8) is 0 Å². The topological polar surface area (TPSA) is 94.4 Å². The van der Waals surface area contributed by atoms with Gasteiger partial charge in [0.05, 0.1) is 17.6 Å². The standard InChI is InChI=1S/C20H16FN3O4S/c1-28-20-13(5-4-10-22-20)12-23-19(25)15-11-14(24(26)27)8-9-17(15)29-18-7-3-2-6-16(18)21/h2-11H,12H2,1H3,(H,23,25). The highest BCUT2D eigenvalue weighted by molar-refractivity contribution is 7.99. The van der Waals surface area contributed by atoms with Gasteiger partial charge in [-0.05, 0) is 24.3 Å². The molecule has 0 saturated carbocycles. The number of pyridine rings is 1. The van der Waals surface area contributed by atoms with Gasteiger partial charge in [0.1, 0.15) is 5.82 Å². The number of nitro benzene ring substituents is 1. The summed E-state index contributed by atoms with van der Waals surface area (Å²) in [6.45, 7) is 0.113. The number of nitro groups is 1. The van der Waals surface area contributed by atoms with Crippen LogP contribution in [0.15, 0.2) is 70.6 Å². The fourth-order valence-electron chi connectivity index (χ4n) is 2.56. The third-order valence-electron chi connectivity index (χ3n) is 3.96. The lowest BCUT2D eigenvalue weighted by Gasteiger charge is -2.12. The first-order chi connectivity index (χ1) is 14.0. The second-order valence-electron chi connectivity index (χ2n) is 5.82. The molecule has 0 radical (unpaired) electrons. The van der Waals surface area contributed by atoms with Crippen molar-refractivity contribution in [2.24, 2.45) is 0 Å². The van der Waals surface area contributed by atoms with Crippen molar-refractivity contribution in [3.05, 3.63) is 87.9 Å². The number of aromatic nitrogens is 1. The van der Waals surface area contributed by atoms with Crippen molar-refractivity contribution >= 4 is 23.4 Å². The van der Waals surface area contributed by atoms with E-state index in [0.717, 1.165) is 11.8 Å². The Morgan fingerprint density at radius 2 is 2.00 bits per heavy atom. The molecule has 0 aliphatic heterocycles. The summed E-state index contributed by atoms with van der Waals surface area (Å²) in [5.74, 6) is -0.603. The van der Waals surface area contributed by atoms with Crippen LogP contribution in [0.5, 0.6) is 5.88 Å². The van der Waals surface area contributed by atoms with Gasteiger partial charge in [-0.1, -0.05) is 30.0 Å². The third kappa shape index (κ3) is 4.88. The zero-order valence-corrected chi connectivity index (χ0v) is 16.1. The number of halogens is 1. The number of rotatable bonds is 7. The van der Waals surface area contributed by atoms with Gasteiger partial charge in [0.15, 0.2) is 0 Å². The molecule has 0 fully saturated rings. The summed E-state index contributed by atoms with van der Waals surface area (Å²) in [6.07, 6.45) is 1.56. The average Bonchev–Trinajstić information content (AvgIpc) is 2.74. The molecule has 0 atom stereocenters. The molecule has 0 aliphatic rings. The average molecular weight is 413 g/mol. The number of amides is 1. The predicted octanol–water partition coefficient (Wildman–Crippen LogP) is 4.22. The van der Waals surface area contributed by atoms with Crippen LogP contribution in [0.2, 0.25) is 0 Å². The maximum atomic E-state index is 14.0. The van der Waals surface area contributed by atoms with Crippen LogP contribution in [0.4, 0.5) is 10.1 Å². The van der Waals surface area contributed by atoms with Crippen LogP contribution in [0.3, 0.4) is 0 Å². The third-order valence-corrected chi connectivity index (χ3v) is 5.08. The first kappa shape index (κ1) is 20.3. The Bertz CT molecular complexity index is 1060. The van der Waals surface area contributed by atoms with Gasteiger partial charge in [0.2, 0.25) is 5.88 Å². The Kier molecular flexibility index (Phi) is 6.40. The molecule has 3 aromatic rings. The number of carbonyl (C=O) groups excluding carboxylic acids is 1. The number of benzene rings is 2. The van der Waals surface area contributed by atoms with E-state index < -0.39 is 16.6 Å². The summed E-state index contributed by atoms with van der Waals surface area (Å²) in [4.78, 5) is 28.1. The molecule has 0 aliphatic carbocycles. The number of hydrogen-bond acceptors (Lipinski definition) is 6. The normalized spacial score (nSPS) is 10.4. The zero-order chi connectivity index (χ0) is 20.8. The molecule has 1 N–H and O–H groups in total. The van der Waals surface area contributed by atoms with Crippen molar-refractivity contribution < 1.29 is 18.8 Å². The molecule has 148 valence electrons. The minimum atomic E-state index is -0.585. The van der Waals surface area contributed by atoms with Crippen LogP contribution in [-0.2, 0) is 6.54 Å². The molecule has 7 nitrogen and oxygen atoms in total. The monoisotopic (exact) mass is 413 g/mol. The molecule has 0 unspecified atom stereocenters. The number of methoxy groups -OCH3 is 1. The van der Waals surface area contributed by atoms with E-state index in [9.17, 15) is 19.3 Å². The minimum absolute atomic E-state index is 0.0790. The summed E-state index contributed by atoms with van der Waals surface area (Å²) in [5, 5.41) is 13.9. The van der Waals surface area contributed by atoms with Gasteiger partial charge < -0.3 is 10.1 Å². The highest BCUT2D eigenvalue weighted by Gasteiger charge is 2.19. The Hall–Kier alpha value is -3.46. The van der Waals surface area contributed by atoms with Crippen LogP contribution < -0.4 is 10.1 Å². The van der Waals surface area contributed by atoms with E-state index in [1.807, 2.05) is 0 Å². The fraction of sp³-hybridized carbons (Fsp3) is 0.100. The van der Waals surface area contributed by atoms with E-state index in [2.05, 4.69) is 10.3 Å². The van der Waals surface area contributed by atoms with Crippen molar-refractivity contribution in [2.45, 2.75) is 16.3 Å². The molecule has 0 spiro atoms. The molecule has 2 aromatic carbocycles. The SMILES string of the molecule is COc1ncccc1CNC(=O)c1cc([N+](=O)[O-])ccc1Sc1ccccc1F. The van der Waals surface area contributed by atoms with Gasteiger partial charge in [-0.3, -0.25) is 14.9 Å². The van der Waals surface area contributed by atoms with E-state index in [1.165, 1.54) is 31.4 Å². The van der Waals surface area contributed by atoms with Crippen molar-refractivity contribution in [1.29, 1.82) is 0 Å². The molecular weight excluding hydrogens is 397 g/mol. The molecular formula is C20H16FN3O4S. The van der Waals surface area contributed by atoms with Gasteiger partial charge in [0, 0.05) is 40.2 Å². The Balaban J connectivity index is 1.88. The molecule has 0 bridgehead atoms. The number of hydrogen-bond donors (Lipinski definition) is 1. The molecule has 3 rings (SSSR count). The smallest absolute Gasteiger partial charge is 0.270 e. The number of non-ortho nitro benzene ring substituents is 1. The van der Waals surface area contributed by atoms with Crippen LogP contribution in [0, 0.1) is 15.9 Å². The number of nitrogens with one attached hydrogen (secondary N) is 1. The Morgan fingerprint density at radius 3 is 2.72 bits per heavy atom. The highest BCUT2D eigenvalue weighted by Crippen LogP contribution is 2.34. The van der Waals surface area contributed by atoms with Crippen LogP contribution in [0.1, 0.15) is 15.9 Å². The van der Waals surface area contributed by atoms with Crippen molar-refractivity contribution in [2.75, 3.05) is 7.11 Å². The maximum Gasteiger partial charge on any atom is 0.270 e. The minimum Gasteiger partial charge on any atom is -0.481 e. The van der Waals surface area contributed by atoms with E-state index in [4.69, 9.17) is 4.74 Å². The van der Waals surface area contributed by atoms with Crippen LogP contribution >= 0.6 is 11.8 Å². The van der Waals surface area contributed by atoms with Crippen molar-refractivity contribution in [1.82, 2.24) is 10.3 Å². The van der Waals surface area contributed by atoms with E-state index in [1.54, 1.807) is 36.5 Å². The first-order valence-electron chi connectivity index (χ1n) is 8.46. The van der Waals surface area contributed by atoms with Gasteiger partial charge in [-0.25, -0.2) is 9.37 Å². The lowest BCUT2D eigenvalue weighted by molar-refractivity contribution is -0.384. The first-order valence-corrected chi connectivity index (χ1v) is 9.28. The van der Waals surface area contributed by atoms with Gasteiger partial charge >= 0.3 is 0 Å². The Labute approximate surface area is 170 Å². The second kappa shape index (κ2) is 9.16. The lowest BCUT2D eigenvalue weighted by atomic mass is 10.1. The zero-order valence-electron chi connectivity index (χ0n) is 15.3. The van der Waals surface area contributed by atoms with Gasteiger partial charge in [-0.15, -0.1) is 0 Å².